The van der Waals surface area contributed by atoms with Crippen LogP contribution in [-0.4, -0.2) is 20.7 Å². The van der Waals surface area contributed by atoms with Gasteiger partial charge in [-0.2, -0.15) is 10.4 Å². The maximum Gasteiger partial charge on any atom is 0.251 e. The molecule has 0 unspecified atom stereocenters. The van der Waals surface area contributed by atoms with E-state index in [9.17, 15) is 4.79 Å². The summed E-state index contributed by atoms with van der Waals surface area (Å²) < 4.78 is 1.39. The molecule has 0 aliphatic carbocycles. The molecule has 2 aromatic heterocycles. The smallest absolute Gasteiger partial charge is 0.251 e. The molecule has 0 aliphatic heterocycles. The third-order valence-corrected chi connectivity index (χ3v) is 2.52. The van der Waals surface area contributed by atoms with Crippen LogP contribution >= 0.6 is 0 Å². The van der Waals surface area contributed by atoms with Crippen molar-refractivity contribution in [2.24, 2.45) is 5.73 Å². The first-order valence-electron chi connectivity index (χ1n) is 5.26. The van der Waals surface area contributed by atoms with Crippen LogP contribution in [0, 0.1) is 25.2 Å². The summed E-state index contributed by atoms with van der Waals surface area (Å²) in [5.41, 5.74) is 7.46. The highest BCUT2D eigenvalue weighted by Gasteiger charge is 2.13. The molecular formula is C12H11N5O. The minimum atomic E-state index is -0.566. The van der Waals surface area contributed by atoms with Gasteiger partial charge in [0.05, 0.1) is 17.3 Å². The third-order valence-electron chi connectivity index (χ3n) is 2.52. The number of hydrogen-bond donors (Lipinski definition) is 1. The van der Waals surface area contributed by atoms with Crippen LogP contribution < -0.4 is 5.73 Å². The summed E-state index contributed by atoms with van der Waals surface area (Å²) in [7, 11) is 0. The predicted molar refractivity (Wildman–Crippen MR) is 64.1 cm³/mol. The van der Waals surface area contributed by atoms with Crippen LogP contribution in [0.25, 0.3) is 5.82 Å². The number of aromatic nitrogens is 3. The standard InChI is InChI=1S/C12H11N5O/c1-7-3-8(2)16-12(10(7)4-13)17-6-9(5-15-17)11(14)18/h3,5-6H,1-2H3,(H2,14,18). The lowest BCUT2D eigenvalue weighted by Gasteiger charge is -2.06. The Kier molecular flexibility index (Phi) is 2.81. The fourth-order valence-corrected chi connectivity index (χ4v) is 1.69. The SMILES string of the molecule is Cc1cc(C)c(C#N)c(-n2cc(C(N)=O)cn2)n1. The van der Waals surface area contributed by atoms with Crippen LogP contribution in [0.15, 0.2) is 18.5 Å². The lowest BCUT2D eigenvalue weighted by Crippen LogP contribution is -2.10. The van der Waals surface area contributed by atoms with Gasteiger partial charge < -0.3 is 5.73 Å². The van der Waals surface area contributed by atoms with Gasteiger partial charge in [0.15, 0.2) is 5.82 Å². The van der Waals surface area contributed by atoms with Crippen molar-refractivity contribution >= 4 is 5.91 Å². The number of aryl methyl sites for hydroxylation is 2. The quantitative estimate of drug-likeness (QED) is 0.842. The average molecular weight is 241 g/mol. The zero-order valence-corrected chi connectivity index (χ0v) is 10.0. The highest BCUT2D eigenvalue weighted by atomic mass is 16.1. The van der Waals surface area contributed by atoms with Crippen LogP contribution in [0.3, 0.4) is 0 Å². The maximum atomic E-state index is 11.0. The lowest BCUT2D eigenvalue weighted by molar-refractivity contribution is 0.100. The molecule has 0 aromatic carbocycles. The second-order valence-electron chi connectivity index (χ2n) is 3.93. The number of hydrogen-bond acceptors (Lipinski definition) is 4. The fraction of sp³-hybridized carbons (Fsp3) is 0.167. The van der Waals surface area contributed by atoms with Crippen LogP contribution in [-0.2, 0) is 0 Å². The maximum absolute atomic E-state index is 11.0. The monoisotopic (exact) mass is 241 g/mol. The molecule has 0 saturated heterocycles. The molecule has 0 radical (unpaired) electrons. The van der Waals surface area contributed by atoms with Gasteiger partial charge in [0.2, 0.25) is 0 Å². The Morgan fingerprint density at radius 2 is 2.22 bits per heavy atom. The second-order valence-corrected chi connectivity index (χ2v) is 3.93. The number of nitrogens with two attached hydrogens (primary N) is 1. The first-order valence-corrected chi connectivity index (χ1v) is 5.26. The van der Waals surface area contributed by atoms with E-state index in [0.29, 0.717) is 11.4 Å². The number of primary amides is 1. The van der Waals surface area contributed by atoms with Crippen molar-refractivity contribution in [1.82, 2.24) is 14.8 Å². The zero-order valence-electron chi connectivity index (χ0n) is 10.0. The molecule has 2 aromatic rings. The van der Waals surface area contributed by atoms with Crippen LogP contribution in [0.1, 0.15) is 27.2 Å². The summed E-state index contributed by atoms with van der Waals surface area (Å²) >= 11 is 0. The van der Waals surface area contributed by atoms with Crippen molar-refractivity contribution in [1.29, 1.82) is 5.26 Å². The number of nitrogens with zero attached hydrogens (tertiary/aromatic N) is 4. The van der Waals surface area contributed by atoms with Crippen molar-refractivity contribution in [3.63, 3.8) is 0 Å². The molecule has 6 heteroatoms. The van der Waals surface area contributed by atoms with E-state index in [1.807, 2.05) is 19.9 Å². The summed E-state index contributed by atoms with van der Waals surface area (Å²) in [5, 5.41) is 13.1. The van der Waals surface area contributed by atoms with Gasteiger partial charge in [-0.1, -0.05) is 0 Å². The summed E-state index contributed by atoms with van der Waals surface area (Å²) in [5.74, 6) is -0.161. The average Bonchev–Trinajstić information content (AvgIpc) is 2.77. The van der Waals surface area contributed by atoms with Crippen molar-refractivity contribution in [2.45, 2.75) is 13.8 Å². The van der Waals surface area contributed by atoms with Gasteiger partial charge in [-0.15, -0.1) is 0 Å². The minimum absolute atomic E-state index is 0.278. The van der Waals surface area contributed by atoms with E-state index in [-0.39, 0.29) is 5.56 Å². The lowest BCUT2D eigenvalue weighted by atomic mass is 10.1. The number of amides is 1. The van der Waals surface area contributed by atoms with E-state index in [2.05, 4.69) is 16.2 Å². The van der Waals surface area contributed by atoms with Gasteiger partial charge in [0.25, 0.3) is 5.91 Å². The van der Waals surface area contributed by atoms with Crippen LogP contribution in [0.2, 0.25) is 0 Å². The Hall–Kier alpha value is -2.68. The van der Waals surface area contributed by atoms with E-state index >= 15 is 0 Å². The molecule has 90 valence electrons. The molecule has 0 atom stereocenters. The van der Waals surface area contributed by atoms with Gasteiger partial charge in [0, 0.05) is 11.9 Å². The molecule has 0 bridgehead atoms. The summed E-state index contributed by atoms with van der Waals surface area (Å²) in [6, 6.07) is 3.91. The van der Waals surface area contributed by atoms with Gasteiger partial charge >= 0.3 is 0 Å². The Labute approximate surface area is 104 Å². The molecule has 2 N–H and O–H groups in total. The summed E-state index contributed by atoms with van der Waals surface area (Å²) in [4.78, 5) is 15.3. The third kappa shape index (κ3) is 1.94. The van der Waals surface area contributed by atoms with Gasteiger partial charge in [-0.3, -0.25) is 4.79 Å². The molecule has 0 spiro atoms. The number of pyridine rings is 1. The van der Waals surface area contributed by atoms with Crippen molar-refractivity contribution in [2.75, 3.05) is 0 Å². The number of carbonyl (C=O) groups excluding carboxylic acids is 1. The molecule has 0 saturated carbocycles. The number of nitriles is 1. The van der Waals surface area contributed by atoms with Crippen LogP contribution in [0.4, 0.5) is 0 Å². The number of rotatable bonds is 2. The highest BCUT2D eigenvalue weighted by Crippen LogP contribution is 2.16. The first kappa shape index (κ1) is 11.8. The molecule has 6 nitrogen and oxygen atoms in total. The van der Waals surface area contributed by atoms with E-state index in [4.69, 9.17) is 11.0 Å². The van der Waals surface area contributed by atoms with E-state index in [0.717, 1.165) is 11.3 Å². The fourth-order valence-electron chi connectivity index (χ4n) is 1.69. The van der Waals surface area contributed by atoms with Gasteiger partial charge in [-0.05, 0) is 25.5 Å². The van der Waals surface area contributed by atoms with E-state index < -0.39 is 5.91 Å². The Balaban J connectivity index is 2.63. The minimum Gasteiger partial charge on any atom is -0.366 e. The Morgan fingerprint density at radius 1 is 1.50 bits per heavy atom. The first-order chi connectivity index (χ1) is 8.52. The highest BCUT2D eigenvalue weighted by molar-refractivity contribution is 5.92. The normalized spacial score (nSPS) is 10.1. The second kappa shape index (κ2) is 4.30. The van der Waals surface area contributed by atoms with Crippen molar-refractivity contribution in [3.05, 3.63) is 40.8 Å². The molecular weight excluding hydrogens is 230 g/mol. The topological polar surface area (TPSA) is 97.6 Å². The Morgan fingerprint density at radius 3 is 2.78 bits per heavy atom. The molecule has 0 aliphatic rings. The molecule has 2 rings (SSSR count). The van der Waals surface area contributed by atoms with Crippen molar-refractivity contribution < 1.29 is 4.79 Å². The van der Waals surface area contributed by atoms with E-state index in [1.165, 1.54) is 17.1 Å². The van der Waals surface area contributed by atoms with Gasteiger partial charge in [0.1, 0.15) is 6.07 Å². The summed E-state index contributed by atoms with van der Waals surface area (Å²) in [6.07, 6.45) is 2.81. The largest absolute Gasteiger partial charge is 0.366 e. The van der Waals surface area contributed by atoms with E-state index in [1.54, 1.807) is 0 Å². The predicted octanol–water partition coefficient (Wildman–Crippen LogP) is 0.855. The van der Waals surface area contributed by atoms with Crippen LogP contribution in [0.5, 0.6) is 0 Å². The molecule has 18 heavy (non-hydrogen) atoms. The molecule has 2 heterocycles. The zero-order chi connectivity index (χ0) is 13.3. The number of carbonyl (C=O) groups is 1. The van der Waals surface area contributed by atoms with Gasteiger partial charge in [-0.25, -0.2) is 9.67 Å². The van der Waals surface area contributed by atoms with Crippen molar-refractivity contribution in [3.8, 4) is 11.9 Å². The molecule has 1 amide bonds. The molecule has 0 fully saturated rings. The Bertz CT molecular complexity index is 666. The summed E-state index contributed by atoms with van der Waals surface area (Å²) in [6.45, 7) is 3.66.